The van der Waals surface area contributed by atoms with Gasteiger partial charge in [-0.3, -0.25) is 0 Å². The predicted molar refractivity (Wildman–Crippen MR) is 115 cm³/mol. The Morgan fingerprint density at radius 2 is 1.86 bits per heavy atom. The second kappa shape index (κ2) is 9.05. The van der Waals surface area contributed by atoms with Crippen molar-refractivity contribution >= 4 is 38.8 Å². The van der Waals surface area contributed by atoms with E-state index in [1.165, 1.54) is 11.8 Å². The van der Waals surface area contributed by atoms with Crippen LogP contribution in [-0.4, -0.2) is 35.9 Å². The molecule has 1 aromatic carbocycles. The highest BCUT2D eigenvalue weighted by Gasteiger charge is 2.38. The van der Waals surface area contributed by atoms with Gasteiger partial charge in [0.05, 0.1) is 37.1 Å². The monoisotopic (exact) mass is 466 g/mol. The first-order valence-electron chi connectivity index (χ1n) is 9.19. The van der Waals surface area contributed by atoms with Crippen molar-refractivity contribution in [1.82, 2.24) is 4.90 Å². The van der Waals surface area contributed by atoms with E-state index in [9.17, 15) is 4.79 Å². The predicted octanol–water partition coefficient (Wildman–Crippen LogP) is 5.01. The third kappa shape index (κ3) is 3.93. The number of hydrogen-bond donors (Lipinski definition) is 0. The summed E-state index contributed by atoms with van der Waals surface area (Å²) in [6.07, 6.45) is 1.93. The molecule has 2 heterocycles. The lowest BCUT2D eigenvalue weighted by Crippen LogP contribution is -2.34. The van der Waals surface area contributed by atoms with E-state index in [1.54, 1.807) is 6.92 Å². The van der Waals surface area contributed by atoms with E-state index in [4.69, 9.17) is 14.2 Å². The Hall–Kier alpha value is -1.93. The molecule has 2 aliphatic rings. The van der Waals surface area contributed by atoms with Crippen LogP contribution in [0.2, 0.25) is 0 Å². The summed E-state index contributed by atoms with van der Waals surface area (Å²) in [5, 5.41) is 2.79. The summed E-state index contributed by atoms with van der Waals surface area (Å²) in [4.78, 5) is 19.4. The third-order valence-corrected chi connectivity index (χ3v) is 5.73. The van der Waals surface area contributed by atoms with Crippen molar-refractivity contribution in [1.29, 1.82) is 0 Å². The first-order chi connectivity index (χ1) is 13.5. The first kappa shape index (κ1) is 20.8. The van der Waals surface area contributed by atoms with Crippen LogP contribution < -0.4 is 9.47 Å². The smallest absolute Gasteiger partial charge is 0.338 e. The average molecular weight is 467 g/mol. The van der Waals surface area contributed by atoms with Crippen molar-refractivity contribution < 1.29 is 19.0 Å². The number of hydrogen-bond acceptors (Lipinski definition) is 7. The van der Waals surface area contributed by atoms with Crippen molar-refractivity contribution in [2.24, 2.45) is 4.99 Å². The van der Waals surface area contributed by atoms with Gasteiger partial charge in [-0.2, -0.15) is 0 Å². The maximum atomic E-state index is 12.8. The molecule has 0 saturated carbocycles. The van der Waals surface area contributed by atoms with Crippen molar-refractivity contribution in [3.8, 4) is 11.5 Å². The molecule has 3 rings (SSSR count). The molecule has 2 aliphatic heterocycles. The van der Waals surface area contributed by atoms with Crippen LogP contribution in [-0.2, 0) is 9.53 Å². The van der Waals surface area contributed by atoms with Crippen molar-refractivity contribution in [3.63, 3.8) is 0 Å². The Balaban J connectivity index is 2.15. The highest BCUT2D eigenvalue weighted by molar-refractivity contribution is 9.10. The topological polar surface area (TPSA) is 60.4 Å². The molecule has 0 aliphatic carbocycles. The normalized spacial score (nSPS) is 18.1. The Morgan fingerprint density at radius 3 is 2.50 bits per heavy atom. The fraction of sp³-hybridized carbons (Fsp3) is 0.400. The molecular weight excluding hydrogens is 444 g/mol. The number of benzene rings is 1. The summed E-state index contributed by atoms with van der Waals surface area (Å²) in [7, 11) is 0. The number of nitrogens with zero attached hydrogens (tertiary/aromatic N) is 2. The Morgan fingerprint density at radius 1 is 1.18 bits per heavy atom. The van der Waals surface area contributed by atoms with E-state index in [0.29, 0.717) is 42.6 Å². The quantitative estimate of drug-likeness (QED) is 0.526. The Labute approximate surface area is 177 Å². The molecule has 0 radical (unpaired) electrons. The van der Waals surface area contributed by atoms with Gasteiger partial charge < -0.3 is 19.1 Å². The van der Waals surface area contributed by atoms with Crippen LogP contribution >= 0.6 is 27.7 Å². The number of carbonyl (C=O) groups excluding carboxylic acids is 1. The maximum absolute atomic E-state index is 12.8. The number of rotatable bonds is 7. The molecule has 0 aromatic heterocycles. The summed E-state index contributed by atoms with van der Waals surface area (Å²) in [6, 6.07) is 3.44. The summed E-state index contributed by atoms with van der Waals surface area (Å²) in [6.45, 7) is 8.84. The lowest BCUT2D eigenvalue weighted by Gasteiger charge is -2.34. The molecule has 0 saturated heterocycles. The second-order valence-electron chi connectivity index (χ2n) is 6.01. The number of esters is 1. The molecule has 8 heteroatoms. The van der Waals surface area contributed by atoms with Crippen LogP contribution in [0.4, 0.5) is 0 Å². The molecule has 1 atom stereocenters. The molecule has 6 nitrogen and oxygen atoms in total. The van der Waals surface area contributed by atoms with Crippen LogP contribution in [0.25, 0.3) is 0 Å². The van der Waals surface area contributed by atoms with Gasteiger partial charge in [0.25, 0.3) is 0 Å². The number of fused-ring (bicyclic) bond motifs is 1. The second-order valence-corrected chi connectivity index (χ2v) is 7.74. The number of aliphatic imine (C=N–C) groups is 1. The number of allylic oxidation sites excluding steroid dienone is 1. The lowest BCUT2D eigenvalue weighted by atomic mass is 9.94. The number of thioether (sulfide) groups is 1. The molecule has 0 fully saturated rings. The van der Waals surface area contributed by atoms with Gasteiger partial charge in [0.15, 0.2) is 16.7 Å². The highest BCUT2D eigenvalue weighted by atomic mass is 79.9. The van der Waals surface area contributed by atoms with Crippen LogP contribution in [0.1, 0.15) is 39.3 Å². The first-order valence-corrected chi connectivity index (χ1v) is 10.9. The average Bonchev–Trinajstić information content (AvgIpc) is 3.11. The summed E-state index contributed by atoms with van der Waals surface area (Å²) < 4.78 is 17.7. The van der Waals surface area contributed by atoms with Crippen molar-refractivity contribution in [2.75, 3.05) is 19.8 Å². The van der Waals surface area contributed by atoms with Gasteiger partial charge in [0.1, 0.15) is 0 Å². The minimum Gasteiger partial charge on any atom is -0.490 e. The molecule has 150 valence electrons. The van der Waals surface area contributed by atoms with Crippen molar-refractivity contribution in [3.05, 3.63) is 45.0 Å². The Bertz CT molecular complexity index is 866. The minimum absolute atomic E-state index is 0.304. The number of halogens is 1. The van der Waals surface area contributed by atoms with Gasteiger partial charge in [-0.15, -0.1) is 0 Å². The van der Waals surface area contributed by atoms with Gasteiger partial charge in [0, 0.05) is 10.7 Å². The van der Waals surface area contributed by atoms with E-state index >= 15 is 0 Å². The molecular formula is C20H23BrN2O4S. The number of carbonyl (C=O) groups is 1. The fourth-order valence-corrected chi connectivity index (χ4v) is 4.50. The van der Waals surface area contributed by atoms with Gasteiger partial charge in [0.2, 0.25) is 0 Å². The number of ether oxygens (including phenoxy) is 3. The summed E-state index contributed by atoms with van der Waals surface area (Å²) in [5.41, 5.74) is 2.06. The van der Waals surface area contributed by atoms with E-state index in [-0.39, 0.29) is 12.0 Å². The van der Waals surface area contributed by atoms with Gasteiger partial charge >= 0.3 is 5.97 Å². The zero-order chi connectivity index (χ0) is 20.3. The molecule has 0 spiro atoms. The van der Waals surface area contributed by atoms with Crippen LogP contribution in [0.15, 0.2) is 44.5 Å². The van der Waals surface area contributed by atoms with Crippen molar-refractivity contribution in [2.45, 2.75) is 33.7 Å². The standard InChI is InChI=1S/C20H23BrN2O4S/c1-5-25-15-10-13(14(21)11-16(15)26-6-2)18-17(19(24)27-7-3)12(4)22-20-23(18)8-9-28-20/h8-11,18H,5-7H2,1-4H3. The molecule has 1 unspecified atom stereocenters. The third-order valence-electron chi connectivity index (χ3n) is 4.27. The van der Waals surface area contributed by atoms with Crippen LogP contribution in [0.3, 0.4) is 0 Å². The molecule has 0 N–H and O–H groups in total. The summed E-state index contributed by atoms with van der Waals surface area (Å²) in [5.74, 6) is 0.939. The van der Waals surface area contributed by atoms with Gasteiger partial charge in [-0.1, -0.05) is 27.7 Å². The summed E-state index contributed by atoms with van der Waals surface area (Å²) >= 11 is 5.19. The SMILES string of the molecule is CCOC(=O)C1=C(C)N=C2SC=CN2C1c1cc(OCC)c(OCC)cc1Br. The molecule has 28 heavy (non-hydrogen) atoms. The van der Waals surface area contributed by atoms with Gasteiger partial charge in [-0.25, -0.2) is 9.79 Å². The lowest BCUT2D eigenvalue weighted by molar-refractivity contribution is -0.139. The number of amidine groups is 1. The zero-order valence-corrected chi connectivity index (χ0v) is 18.7. The molecule has 1 aromatic rings. The van der Waals surface area contributed by atoms with E-state index in [0.717, 1.165) is 15.2 Å². The van der Waals surface area contributed by atoms with Crippen LogP contribution in [0.5, 0.6) is 11.5 Å². The maximum Gasteiger partial charge on any atom is 0.338 e. The van der Waals surface area contributed by atoms with E-state index in [1.807, 2.05) is 49.4 Å². The largest absolute Gasteiger partial charge is 0.490 e. The van der Waals surface area contributed by atoms with E-state index < -0.39 is 0 Å². The molecule has 0 amide bonds. The van der Waals surface area contributed by atoms with Gasteiger partial charge in [-0.05, 0) is 50.8 Å². The Kier molecular flexibility index (Phi) is 6.72. The van der Waals surface area contributed by atoms with E-state index in [2.05, 4.69) is 20.9 Å². The fourth-order valence-electron chi connectivity index (χ4n) is 3.17. The minimum atomic E-state index is -0.373. The highest BCUT2D eigenvalue weighted by Crippen LogP contribution is 2.46. The zero-order valence-electron chi connectivity index (χ0n) is 16.3. The molecule has 0 bridgehead atoms. The van der Waals surface area contributed by atoms with Crippen LogP contribution in [0, 0.1) is 0 Å².